The van der Waals surface area contributed by atoms with Crippen molar-refractivity contribution in [2.45, 2.75) is 0 Å². The quantitative estimate of drug-likeness (QED) is 0.314. The predicted molar refractivity (Wildman–Crippen MR) is 28.7 cm³/mol. The molecule has 0 spiro atoms. The summed E-state index contributed by atoms with van der Waals surface area (Å²) in [5.74, 6) is 0. The Morgan fingerprint density at radius 2 is 0.889 bits per heavy atom. The van der Waals surface area contributed by atoms with Gasteiger partial charge in [0.1, 0.15) is 0 Å². The van der Waals surface area contributed by atoms with Crippen molar-refractivity contribution in [3.63, 3.8) is 0 Å². The fourth-order valence-electron chi connectivity index (χ4n) is 0. The van der Waals surface area contributed by atoms with Crippen molar-refractivity contribution in [2.24, 2.45) is 0 Å². The van der Waals surface area contributed by atoms with Crippen LogP contribution in [0.4, 0.5) is 0 Å². The minimum Gasteiger partial charge on any atom is -0.724 e. The van der Waals surface area contributed by atoms with Gasteiger partial charge in [-0.1, -0.05) is 0 Å². The molecule has 6 nitrogen and oxygen atoms in total. The van der Waals surface area contributed by atoms with Crippen molar-refractivity contribution in [3.05, 3.63) is 23.1 Å². The summed E-state index contributed by atoms with van der Waals surface area (Å²) in [6, 6.07) is 0. The normalized spacial score (nSPS) is 1.78. The van der Waals surface area contributed by atoms with Crippen LogP contribution in [-0.2, 0) is 29.1 Å². The first-order valence-electron chi connectivity index (χ1n) is 0.855. The van der Waals surface area contributed by atoms with Crippen LogP contribution in [0, 0.1) is 0 Å². The van der Waals surface area contributed by atoms with Gasteiger partial charge in [0, 0.05) is 0 Å². The van der Waals surface area contributed by atoms with Crippen molar-refractivity contribution in [3.8, 4) is 0 Å². The van der Waals surface area contributed by atoms with Crippen molar-refractivity contribution in [1.29, 1.82) is 0 Å². The molecule has 0 aromatic heterocycles. The first-order valence-corrected chi connectivity index (χ1v) is 0.855. The number of isocyanates is 2. The molecule has 0 heterocycles. The van der Waals surface area contributed by atoms with Crippen LogP contribution in [0.3, 0.4) is 0 Å². The summed E-state index contributed by atoms with van der Waals surface area (Å²) in [7, 11) is 0. The van der Waals surface area contributed by atoms with Gasteiger partial charge in [-0.2, -0.15) is 0 Å². The molecule has 4 N–H and O–H groups in total. The molecule has 48 valence electrons. The summed E-state index contributed by atoms with van der Waals surface area (Å²) >= 11 is 0. The third-order valence-electron chi connectivity index (χ3n) is 0. The smallest absolute Gasteiger partial charge is 0.724 e. The maximum atomic E-state index is 8.24. The van der Waals surface area contributed by atoms with E-state index in [1.807, 2.05) is 0 Å². The second-order valence-corrected chi connectivity index (χ2v) is 0.183. The molecule has 0 aromatic rings. The van der Waals surface area contributed by atoms with Crippen molar-refractivity contribution in [1.82, 2.24) is 0 Å². The summed E-state index contributed by atoms with van der Waals surface area (Å²) in [5, 5.41) is 13.5. The summed E-state index contributed by atoms with van der Waals surface area (Å²) in [6.07, 6.45) is 1.00. The van der Waals surface area contributed by atoms with Gasteiger partial charge in [0.05, 0.1) is 0 Å². The van der Waals surface area contributed by atoms with Gasteiger partial charge in [-0.25, -0.2) is 0 Å². The van der Waals surface area contributed by atoms with E-state index in [-0.39, 0.29) is 31.8 Å². The SMILES string of the molecule is [N-]=C=O.[N-]=C=O.[NH2-].[NH2-].[Zn+2]. The molecule has 0 fully saturated rings. The van der Waals surface area contributed by atoms with E-state index in [4.69, 9.17) is 20.4 Å². The van der Waals surface area contributed by atoms with Crippen LogP contribution >= 0.6 is 0 Å². The maximum absolute atomic E-state index is 8.24. The van der Waals surface area contributed by atoms with E-state index in [1.54, 1.807) is 0 Å². The molecule has 0 atom stereocenters. The van der Waals surface area contributed by atoms with Crippen LogP contribution in [0.25, 0.3) is 23.1 Å². The zero-order valence-electron chi connectivity index (χ0n) is 4.57. The third-order valence-corrected chi connectivity index (χ3v) is 0. The van der Waals surface area contributed by atoms with Crippen LogP contribution in [0.1, 0.15) is 0 Å². The molecular weight excluding hydrogens is 177 g/mol. The Hall–Kier alpha value is -0.697. The number of rotatable bonds is 0. The average molecular weight is 181 g/mol. The first-order chi connectivity index (χ1) is 2.83. The molecule has 0 saturated carbocycles. The molecule has 0 bridgehead atoms. The van der Waals surface area contributed by atoms with Gasteiger partial charge in [-0.05, 0) is 12.2 Å². The van der Waals surface area contributed by atoms with Gasteiger partial charge >= 0.3 is 19.5 Å². The standard InChI is InChI=1S/2CNO.2H2N.Zn/c2*2-1-3;;;/h;;2*1H2;/q4*-1;+2. The van der Waals surface area contributed by atoms with E-state index in [9.17, 15) is 0 Å². The fraction of sp³-hybridized carbons (Fsp3) is 0. The monoisotopic (exact) mass is 180 g/mol. The van der Waals surface area contributed by atoms with E-state index in [2.05, 4.69) is 0 Å². The number of nitrogens with two attached hydrogens (primary N) is 2. The maximum Gasteiger partial charge on any atom is 2.00 e. The Kier molecular flexibility index (Phi) is 770. The summed E-state index contributed by atoms with van der Waals surface area (Å²) in [5.41, 5.74) is 0. The van der Waals surface area contributed by atoms with Crippen LogP contribution in [0.2, 0.25) is 0 Å². The zero-order chi connectivity index (χ0) is 5.41. The van der Waals surface area contributed by atoms with Crippen molar-refractivity contribution in [2.75, 3.05) is 0 Å². The molecule has 0 saturated heterocycles. The molecular formula is C2H4N4O2Zn-2. The number of nitrogens with zero attached hydrogens (tertiary/aromatic N) is 2. The number of carbonyl (C=O) groups excluding carboxylic acids is 2. The van der Waals surface area contributed by atoms with Gasteiger partial charge in [0.2, 0.25) is 0 Å². The molecule has 0 aliphatic carbocycles. The largest absolute Gasteiger partial charge is 2.00 e. The number of hydrogen-bond donors (Lipinski definition) is 0. The molecule has 0 aliphatic rings. The molecule has 9 heavy (non-hydrogen) atoms. The van der Waals surface area contributed by atoms with Gasteiger partial charge in [-0.3, -0.25) is 9.59 Å². The average Bonchev–Trinajstić information content (AvgIpc) is 1.39. The summed E-state index contributed by atoms with van der Waals surface area (Å²) in [6.45, 7) is 0. The Morgan fingerprint density at radius 1 is 0.889 bits per heavy atom. The zero-order valence-corrected chi connectivity index (χ0v) is 7.54. The summed E-state index contributed by atoms with van der Waals surface area (Å²) in [4.78, 5) is 16.5. The van der Waals surface area contributed by atoms with Crippen LogP contribution in [0.15, 0.2) is 0 Å². The fourth-order valence-corrected chi connectivity index (χ4v) is 0. The van der Waals surface area contributed by atoms with Crippen LogP contribution in [-0.4, -0.2) is 12.2 Å². The predicted octanol–water partition coefficient (Wildman–Crippen LogP) is 1.21. The van der Waals surface area contributed by atoms with Gasteiger partial charge in [-0.15, -0.1) is 0 Å². The van der Waals surface area contributed by atoms with E-state index in [0.29, 0.717) is 12.2 Å². The van der Waals surface area contributed by atoms with Crippen LogP contribution in [0.5, 0.6) is 0 Å². The van der Waals surface area contributed by atoms with Gasteiger partial charge < -0.3 is 23.1 Å². The first kappa shape index (κ1) is 40.6. The molecule has 0 aliphatic heterocycles. The molecule has 0 rings (SSSR count). The Balaban J connectivity index is -0.00000000889. The Bertz CT molecular complexity index is 70.6. The minimum atomic E-state index is 0. The van der Waals surface area contributed by atoms with E-state index in [1.165, 1.54) is 0 Å². The third kappa shape index (κ3) is 423. The molecule has 0 aromatic carbocycles. The van der Waals surface area contributed by atoms with E-state index >= 15 is 0 Å². The minimum absolute atomic E-state index is 0. The molecule has 0 unspecified atom stereocenters. The van der Waals surface area contributed by atoms with E-state index in [0.717, 1.165) is 0 Å². The summed E-state index contributed by atoms with van der Waals surface area (Å²) < 4.78 is 0. The molecule has 0 amide bonds. The Labute approximate surface area is 65.0 Å². The molecule has 0 radical (unpaired) electrons. The van der Waals surface area contributed by atoms with Crippen molar-refractivity contribution >= 4 is 12.2 Å². The van der Waals surface area contributed by atoms with Crippen LogP contribution < -0.4 is 0 Å². The number of hydrogen-bond acceptors (Lipinski definition) is 2. The van der Waals surface area contributed by atoms with Gasteiger partial charge in [0.25, 0.3) is 0 Å². The topological polar surface area (TPSA) is 146 Å². The molecule has 7 heteroatoms. The van der Waals surface area contributed by atoms with Gasteiger partial charge in [0.15, 0.2) is 0 Å². The second kappa shape index (κ2) is 171. The van der Waals surface area contributed by atoms with Crippen molar-refractivity contribution < 1.29 is 29.1 Å². The Morgan fingerprint density at radius 3 is 0.889 bits per heavy atom. The van der Waals surface area contributed by atoms with E-state index < -0.39 is 0 Å². The second-order valence-electron chi connectivity index (χ2n) is 0.183.